The zero-order valence-electron chi connectivity index (χ0n) is 26.6. The van der Waals surface area contributed by atoms with Gasteiger partial charge in [-0.3, -0.25) is 33.5 Å². The molecule has 2 heterocycles. The first kappa shape index (κ1) is 43.3. The van der Waals surface area contributed by atoms with E-state index >= 15 is 0 Å². The van der Waals surface area contributed by atoms with Gasteiger partial charge >= 0.3 is 29.2 Å². The first-order valence-electron chi connectivity index (χ1n) is 15.0. The highest BCUT2D eigenvalue weighted by Gasteiger charge is 2.43. The normalized spacial score (nSPS) is 20.7. The van der Waals surface area contributed by atoms with Gasteiger partial charge < -0.3 is 57.3 Å². The SMILES string of the molecule is NC(N)=NCCC[C@@H](N)C(=O)NCCCCCCNC(=O)Cc1cn([C@H]2C[C@H](O)[C@@H](COP(=O)(O)OP(=O)(O)OP(=O)(O)O)O2)c(=O)[nH]c1=O. The number of amides is 2. The molecule has 14 N–H and O–H groups in total. The number of aromatic nitrogens is 2. The van der Waals surface area contributed by atoms with Gasteiger partial charge in [-0.2, -0.15) is 8.62 Å². The summed E-state index contributed by atoms with van der Waals surface area (Å²) in [5, 5.41) is 15.7. The molecular weight excluding hydrogens is 737 g/mol. The molecule has 2 amide bonds. The average molecular weight is 781 g/mol. The van der Waals surface area contributed by atoms with Crippen LogP contribution in [0.25, 0.3) is 0 Å². The number of rotatable bonds is 22. The molecule has 2 rings (SSSR count). The topological polar surface area (TPSA) is 393 Å². The van der Waals surface area contributed by atoms with E-state index < -0.39 is 78.1 Å². The third-order valence-corrected chi connectivity index (χ3v) is 10.6. The molecule has 0 radical (unpaired) electrons. The van der Waals surface area contributed by atoms with E-state index in [1.807, 2.05) is 4.98 Å². The second-order valence-corrected chi connectivity index (χ2v) is 15.3. The van der Waals surface area contributed by atoms with Gasteiger partial charge in [-0.05, 0) is 25.7 Å². The van der Waals surface area contributed by atoms with Gasteiger partial charge in [-0.15, -0.1) is 0 Å². The van der Waals surface area contributed by atoms with E-state index in [9.17, 15) is 47.8 Å². The molecule has 0 saturated carbocycles. The number of phosphoric ester groups is 1. The van der Waals surface area contributed by atoms with Gasteiger partial charge in [0, 0.05) is 37.8 Å². The van der Waals surface area contributed by atoms with Crippen molar-refractivity contribution in [1.82, 2.24) is 20.2 Å². The smallest absolute Gasteiger partial charge is 0.390 e. The molecule has 0 bridgehead atoms. The summed E-state index contributed by atoms with van der Waals surface area (Å²) in [6.07, 6.45) is -0.0336. The predicted octanol–water partition coefficient (Wildman–Crippen LogP) is -2.76. The van der Waals surface area contributed by atoms with Crippen LogP contribution in [0.3, 0.4) is 0 Å². The highest BCUT2D eigenvalue weighted by atomic mass is 31.3. The standard InChI is InChI=1S/C23H43N8O16P3/c24-15(6-5-9-29-22(25)26)21(35)28-8-4-2-1-3-7-27-18(33)10-14-12-31(23(36)30-20(14)34)19-11-16(32)17(45-19)13-44-49(40,41)47-50(42,43)46-48(37,38)39/h12,15-17,19,32H,1-11,13,24H2,(H,27,33)(H,28,35)(H,40,41)(H,42,43)(H4,25,26,29)(H,30,34,36)(H2,37,38,39)/t15-,16+,17-,19-/m1/s1. The maximum absolute atomic E-state index is 12.5. The number of hydrogen-bond donors (Lipinski definition) is 11. The van der Waals surface area contributed by atoms with Crippen LogP contribution < -0.4 is 39.1 Å². The minimum Gasteiger partial charge on any atom is -0.390 e. The van der Waals surface area contributed by atoms with Crippen LogP contribution >= 0.6 is 23.5 Å². The van der Waals surface area contributed by atoms with Crippen molar-refractivity contribution in [2.45, 2.75) is 75.8 Å². The van der Waals surface area contributed by atoms with E-state index in [1.165, 1.54) is 0 Å². The van der Waals surface area contributed by atoms with Crippen LogP contribution in [0.4, 0.5) is 0 Å². The molecule has 1 aromatic rings. The molecule has 1 saturated heterocycles. The molecule has 24 nitrogen and oxygen atoms in total. The lowest BCUT2D eigenvalue weighted by Crippen LogP contribution is -2.41. The number of nitrogens with one attached hydrogen (secondary N) is 3. The van der Waals surface area contributed by atoms with Gasteiger partial charge in [0.15, 0.2) is 5.96 Å². The summed E-state index contributed by atoms with van der Waals surface area (Å²) in [4.78, 5) is 91.2. The second-order valence-electron chi connectivity index (χ2n) is 10.9. The summed E-state index contributed by atoms with van der Waals surface area (Å²) in [6, 6.07) is -0.671. The number of carbonyl (C=O) groups is 2. The van der Waals surface area contributed by atoms with Gasteiger partial charge in [0.25, 0.3) is 5.56 Å². The number of nitrogens with zero attached hydrogens (tertiary/aromatic N) is 2. The zero-order chi connectivity index (χ0) is 37.7. The Hall–Kier alpha value is -2.82. The Morgan fingerprint density at radius 1 is 1.02 bits per heavy atom. The number of unbranched alkanes of at least 4 members (excludes halogenated alkanes) is 3. The number of phosphoric acid groups is 3. The van der Waals surface area contributed by atoms with E-state index in [1.54, 1.807) is 0 Å². The number of ether oxygens (including phenoxy) is 1. The van der Waals surface area contributed by atoms with Crippen molar-refractivity contribution in [2.24, 2.45) is 22.2 Å². The molecule has 50 heavy (non-hydrogen) atoms. The largest absolute Gasteiger partial charge is 0.490 e. The first-order chi connectivity index (χ1) is 23.2. The molecule has 1 fully saturated rings. The summed E-state index contributed by atoms with van der Waals surface area (Å²) in [7, 11) is -16.9. The molecule has 27 heteroatoms. The highest BCUT2D eigenvalue weighted by Crippen LogP contribution is 2.66. The summed E-state index contributed by atoms with van der Waals surface area (Å²) >= 11 is 0. The Balaban J connectivity index is 1.77. The maximum atomic E-state index is 12.5. The maximum Gasteiger partial charge on any atom is 0.490 e. The van der Waals surface area contributed by atoms with Crippen molar-refractivity contribution in [3.8, 4) is 0 Å². The van der Waals surface area contributed by atoms with Crippen LogP contribution in [0.5, 0.6) is 0 Å². The molecular formula is C23H43N8O16P3. The number of aliphatic hydroxyl groups is 1. The minimum atomic E-state index is -5.77. The summed E-state index contributed by atoms with van der Waals surface area (Å²) in [5.74, 6) is -0.825. The van der Waals surface area contributed by atoms with Crippen molar-refractivity contribution >= 4 is 41.2 Å². The van der Waals surface area contributed by atoms with Crippen LogP contribution in [0, 0.1) is 0 Å². The molecule has 1 aliphatic rings. The van der Waals surface area contributed by atoms with Crippen molar-refractivity contribution in [1.29, 1.82) is 0 Å². The number of aromatic amines is 1. The molecule has 2 unspecified atom stereocenters. The minimum absolute atomic E-state index is 0.0264. The van der Waals surface area contributed by atoms with Crippen LogP contribution in [0.15, 0.2) is 20.8 Å². The van der Waals surface area contributed by atoms with Gasteiger partial charge in [-0.1, -0.05) is 12.8 Å². The van der Waals surface area contributed by atoms with E-state index in [0.29, 0.717) is 45.3 Å². The van der Waals surface area contributed by atoms with Gasteiger partial charge in [0.1, 0.15) is 12.3 Å². The van der Waals surface area contributed by atoms with E-state index in [0.717, 1.165) is 23.6 Å². The Bertz CT molecular complexity index is 1600. The van der Waals surface area contributed by atoms with E-state index in [4.69, 9.17) is 31.7 Å². The van der Waals surface area contributed by atoms with Crippen molar-refractivity contribution in [3.63, 3.8) is 0 Å². The fourth-order valence-electron chi connectivity index (χ4n) is 4.43. The Morgan fingerprint density at radius 2 is 1.66 bits per heavy atom. The molecule has 6 atom stereocenters. The number of hydrogen-bond acceptors (Lipinski definition) is 14. The molecule has 0 aliphatic carbocycles. The van der Waals surface area contributed by atoms with E-state index in [-0.39, 0.29) is 23.9 Å². The van der Waals surface area contributed by atoms with Crippen molar-refractivity contribution < 1.29 is 65.8 Å². The van der Waals surface area contributed by atoms with E-state index in [2.05, 4.69) is 28.8 Å². The summed E-state index contributed by atoms with van der Waals surface area (Å²) < 4.78 is 52.2. The third kappa shape index (κ3) is 16.5. The van der Waals surface area contributed by atoms with Gasteiger partial charge in [0.2, 0.25) is 11.8 Å². The Morgan fingerprint density at radius 3 is 2.28 bits per heavy atom. The zero-order valence-corrected chi connectivity index (χ0v) is 29.3. The molecule has 1 aliphatic heterocycles. The Labute approximate surface area is 284 Å². The summed E-state index contributed by atoms with van der Waals surface area (Å²) in [6.45, 7) is 0.131. The quantitative estimate of drug-likeness (QED) is 0.0246. The molecule has 1 aromatic heterocycles. The highest BCUT2D eigenvalue weighted by molar-refractivity contribution is 7.66. The monoisotopic (exact) mass is 780 g/mol. The fraction of sp³-hybridized carbons (Fsp3) is 0.696. The lowest BCUT2D eigenvalue weighted by molar-refractivity contribution is -0.122. The van der Waals surface area contributed by atoms with Crippen molar-refractivity contribution in [2.75, 3.05) is 26.2 Å². The molecule has 0 aromatic carbocycles. The first-order valence-corrected chi connectivity index (χ1v) is 19.5. The predicted molar refractivity (Wildman–Crippen MR) is 172 cm³/mol. The molecule has 286 valence electrons. The van der Waals surface area contributed by atoms with Crippen LogP contribution in [0.2, 0.25) is 0 Å². The number of aliphatic imine (C=N–C) groups is 1. The number of H-pyrrole nitrogens is 1. The number of carbonyl (C=O) groups excluding carboxylic acids is 2. The number of nitrogens with two attached hydrogens (primary N) is 3. The number of aliphatic hydroxyl groups excluding tert-OH is 1. The third-order valence-electron chi connectivity index (χ3n) is 6.75. The second kappa shape index (κ2) is 19.7. The average Bonchev–Trinajstić information content (AvgIpc) is 3.34. The van der Waals surface area contributed by atoms with Crippen LogP contribution in [0.1, 0.15) is 56.7 Å². The summed E-state index contributed by atoms with van der Waals surface area (Å²) in [5.41, 5.74) is 14.4. The van der Waals surface area contributed by atoms with Crippen molar-refractivity contribution in [3.05, 3.63) is 32.6 Å². The van der Waals surface area contributed by atoms with Gasteiger partial charge in [0.05, 0.1) is 25.2 Å². The van der Waals surface area contributed by atoms with Crippen LogP contribution in [-0.4, -0.2) is 96.5 Å². The van der Waals surface area contributed by atoms with Gasteiger partial charge in [-0.25, -0.2) is 18.5 Å². The van der Waals surface area contributed by atoms with Crippen LogP contribution in [-0.2, 0) is 47.6 Å². The lowest BCUT2D eigenvalue weighted by atomic mass is 10.1. The Kier molecular flexibility index (Phi) is 17.1. The lowest BCUT2D eigenvalue weighted by Gasteiger charge is -2.19. The molecule has 0 spiro atoms. The number of guanidine groups is 1. The fourth-order valence-corrected chi connectivity index (χ4v) is 7.46.